The van der Waals surface area contributed by atoms with E-state index in [0.29, 0.717) is 13.0 Å². The van der Waals surface area contributed by atoms with Crippen molar-refractivity contribution in [3.8, 4) is 0 Å². The monoisotopic (exact) mass is 214 g/mol. The lowest BCUT2D eigenvalue weighted by molar-refractivity contribution is -0.00895. The van der Waals surface area contributed by atoms with Crippen molar-refractivity contribution in [1.29, 1.82) is 0 Å². The first kappa shape index (κ1) is 12.3. The minimum absolute atomic E-state index is 0.285. The van der Waals surface area contributed by atoms with E-state index in [9.17, 15) is 4.57 Å². The molecule has 1 aliphatic heterocycles. The summed E-state index contributed by atoms with van der Waals surface area (Å²) in [5.74, 6) is 0. The minimum atomic E-state index is -2.99. The molecule has 0 aromatic heterocycles. The van der Waals surface area contributed by atoms with Crippen LogP contribution >= 0.6 is 7.25 Å². The Balaban J connectivity index is 2.53. The zero-order valence-corrected chi connectivity index (χ0v) is 9.28. The number of ether oxygens (including phenoxy) is 2. The second-order valence-electron chi connectivity index (χ2n) is 3.46. The normalized spacial score (nSPS) is 36.9. The molecule has 0 aromatic carbocycles. The highest BCUT2D eigenvalue weighted by molar-refractivity contribution is 7.82. The van der Waals surface area contributed by atoms with Crippen LogP contribution in [-0.2, 0) is 18.6 Å². The van der Waals surface area contributed by atoms with E-state index in [0.717, 1.165) is 0 Å². The second kappa shape index (κ2) is 4.84. The van der Waals surface area contributed by atoms with Gasteiger partial charge in [0.15, 0.2) is 0 Å². The van der Waals surface area contributed by atoms with Gasteiger partial charge in [0.25, 0.3) is 0 Å². The molecule has 0 aromatic rings. The Morgan fingerprint density at radius 2 is 2.36 bits per heavy atom. The SMILES string of the molecule is [B][C@H]1C[C@H](O[P@]([B-])(C)=O)[C@@H](COC)O1. The molecule has 0 spiro atoms. The second-order valence-corrected chi connectivity index (χ2v) is 5.48. The average molecular weight is 214 g/mol. The zero-order chi connectivity index (χ0) is 10.8. The fraction of sp³-hybridized carbons (Fsp3) is 1.00. The van der Waals surface area contributed by atoms with Gasteiger partial charge in [0.1, 0.15) is 14.0 Å². The largest absolute Gasteiger partial charge is 0.484 e. The number of rotatable bonds is 4. The molecule has 0 bridgehead atoms. The summed E-state index contributed by atoms with van der Waals surface area (Å²) in [6.45, 7) is 1.72. The van der Waals surface area contributed by atoms with Crippen LogP contribution in [-0.4, -0.2) is 54.0 Å². The van der Waals surface area contributed by atoms with E-state index in [2.05, 4.69) is 0 Å². The lowest BCUT2D eigenvalue weighted by Gasteiger charge is -2.28. The highest BCUT2D eigenvalue weighted by Gasteiger charge is 2.33. The van der Waals surface area contributed by atoms with Gasteiger partial charge >= 0.3 is 0 Å². The van der Waals surface area contributed by atoms with E-state index in [4.69, 9.17) is 29.4 Å². The van der Waals surface area contributed by atoms with Gasteiger partial charge in [-0.05, 0) is 13.1 Å². The van der Waals surface area contributed by atoms with Crippen LogP contribution in [0, 0.1) is 0 Å². The molecule has 0 N–H and O–H groups in total. The lowest BCUT2D eigenvalue weighted by Crippen LogP contribution is -2.28. The van der Waals surface area contributed by atoms with E-state index in [1.54, 1.807) is 7.11 Å². The molecular formula is C7H13B2O4P-. The van der Waals surface area contributed by atoms with Crippen molar-refractivity contribution in [3.63, 3.8) is 0 Å². The maximum Gasteiger partial charge on any atom is 0.109 e. The van der Waals surface area contributed by atoms with Crippen LogP contribution in [0.5, 0.6) is 0 Å². The molecule has 7 heteroatoms. The van der Waals surface area contributed by atoms with Gasteiger partial charge in [-0.25, -0.2) is 0 Å². The molecule has 4 nitrogen and oxygen atoms in total. The van der Waals surface area contributed by atoms with Crippen LogP contribution < -0.4 is 0 Å². The van der Waals surface area contributed by atoms with Crippen molar-refractivity contribution in [1.82, 2.24) is 0 Å². The fourth-order valence-corrected chi connectivity index (χ4v) is 2.20. The van der Waals surface area contributed by atoms with Crippen molar-refractivity contribution in [2.24, 2.45) is 0 Å². The van der Waals surface area contributed by atoms with E-state index in [-0.39, 0.29) is 12.2 Å². The molecule has 77 valence electrons. The van der Waals surface area contributed by atoms with Crippen LogP contribution in [0.4, 0.5) is 0 Å². The maximum atomic E-state index is 11.2. The van der Waals surface area contributed by atoms with Crippen LogP contribution in [0.3, 0.4) is 0 Å². The Morgan fingerprint density at radius 3 is 2.86 bits per heavy atom. The molecule has 0 amide bonds. The van der Waals surface area contributed by atoms with Crippen molar-refractivity contribution < 1.29 is 18.6 Å². The molecule has 5 radical (unpaired) electrons. The third-order valence-electron chi connectivity index (χ3n) is 1.90. The molecule has 1 saturated heterocycles. The van der Waals surface area contributed by atoms with Gasteiger partial charge in [-0.1, -0.05) is 7.25 Å². The van der Waals surface area contributed by atoms with Gasteiger partial charge in [0.05, 0.1) is 12.7 Å². The molecular weight excluding hydrogens is 201 g/mol. The van der Waals surface area contributed by atoms with Crippen LogP contribution in [0.2, 0.25) is 0 Å². The van der Waals surface area contributed by atoms with Gasteiger partial charge in [0.2, 0.25) is 0 Å². The molecule has 0 aliphatic carbocycles. The Bertz CT molecular complexity index is 232. The first-order valence-electron chi connectivity index (χ1n) is 4.37. The lowest BCUT2D eigenvalue weighted by atomic mass is 9.96. The molecule has 0 saturated carbocycles. The summed E-state index contributed by atoms with van der Waals surface area (Å²) in [6.07, 6.45) is -0.138. The summed E-state index contributed by atoms with van der Waals surface area (Å²) in [5, 5.41) is 0. The van der Waals surface area contributed by atoms with E-state index in [1.807, 2.05) is 0 Å². The Labute approximate surface area is 86.9 Å². The third kappa shape index (κ3) is 3.77. The molecule has 4 atom stereocenters. The fourth-order valence-electron chi connectivity index (χ4n) is 1.44. The summed E-state index contributed by atoms with van der Waals surface area (Å²) in [4.78, 5) is 0. The third-order valence-corrected chi connectivity index (χ3v) is 2.59. The Hall–Kier alpha value is 0.240. The van der Waals surface area contributed by atoms with Gasteiger partial charge in [0, 0.05) is 13.1 Å². The molecule has 0 unspecified atom stereocenters. The standard InChI is InChI=1S/C7H13B2O4P/c1-11-4-6-5(3-7(8)12-6)13-14(2,9)10/h5-7H,3-4H2,1-2H3/q-1/t5-,6+,7+,14-/m0/s1. The molecule has 1 fully saturated rings. The number of hydrogen-bond acceptors (Lipinski definition) is 4. The predicted octanol–water partition coefficient (Wildman–Crippen LogP) is 0.293. The summed E-state index contributed by atoms with van der Waals surface area (Å²) >= 11 is 0. The van der Waals surface area contributed by atoms with E-state index >= 15 is 0 Å². The van der Waals surface area contributed by atoms with Gasteiger partial charge in [-0.15, -0.1) is 0 Å². The summed E-state index contributed by atoms with van der Waals surface area (Å²) < 4.78 is 26.7. The van der Waals surface area contributed by atoms with Crippen molar-refractivity contribution in [2.75, 3.05) is 20.4 Å². The van der Waals surface area contributed by atoms with Crippen LogP contribution in [0.25, 0.3) is 0 Å². The van der Waals surface area contributed by atoms with Crippen molar-refractivity contribution in [2.45, 2.75) is 24.6 Å². The quantitative estimate of drug-likeness (QED) is 0.498. The minimum Gasteiger partial charge on any atom is -0.484 e. The van der Waals surface area contributed by atoms with Crippen molar-refractivity contribution >= 4 is 22.7 Å². The molecule has 1 aliphatic rings. The molecule has 1 heterocycles. The molecule has 14 heavy (non-hydrogen) atoms. The first-order valence-corrected chi connectivity index (χ1v) is 6.51. The number of hydrogen-bond donors (Lipinski definition) is 0. The molecule has 1 rings (SSSR count). The van der Waals surface area contributed by atoms with Crippen molar-refractivity contribution in [3.05, 3.63) is 0 Å². The zero-order valence-electron chi connectivity index (χ0n) is 8.38. The van der Waals surface area contributed by atoms with E-state index < -0.39 is 13.3 Å². The highest BCUT2D eigenvalue weighted by atomic mass is 31.2. The van der Waals surface area contributed by atoms with Crippen LogP contribution in [0.15, 0.2) is 0 Å². The smallest absolute Gasteiger partial charge is 0.109 e. The summed E-state index contributed by atoms with van der Waals surface area (Å²) in [7, 11) is 9.45. The maximum absolute atomic E-state index is 11.2. The Morgan fingerprint density at radius 1 is 1.71 bits per heavy atom. The summed E-state index contributed by atoms with van der Waals surface area (Å²) in [5.41, 5.74) is 0. The average Bonchev–Trinajstić information content (AvgIpc) is 2.28. The predicted molar refractivity (Wildman–Crippen MR) is 55.1 cm³/mol. The van der Waals surface area contributed by atoms with Gasteiger partial charge < -0.3 is 26.1 Å². The first-order chi connectivity index (χ1) is 6.42. The van der Waals surface area contributed by atoms with Crippen LogP contribution in [0.1, 0.15) is 6.42 Å². The van der Waals surface area contributed by atoms with Gasteiger partial charge in [-0.3, -0.25) is 0 Å². The highest BCUT2D eigenvalue weighted by Crippen LogP contribution is 2.41. The topological polar surface area (TPSA) is 44.8 Å². The van der Waals surface area contributed by atoms with Gasteiger partial charge in [-0.2, -0.15) is 0 Å². The Kier molecular flexibility index (Phi) is 4.26. The van der Waals surface area contributed by atoms with E-state index in [1.165, 1.54) is 6.66 Å². The summed E-state index contributed by atoms with van der Waals surface area (Å²) in [6, 6.07) is -0.397. The number of methoxy groups -OCH3 is 1.